The van der Waals surface area contributed by atoms with Gasteiger partial charge in [0.15, 0.2) is 0 Å². The summed E-state index contributed by atoms with van der Waals surface area (Å²) in [5.41, 5.74) is 1.61. The van der Waals surface area contributed by atoms with Crippen LogP contribution in [0.2, 0.25) is 0 Å². The largest absolute Gasteiger partial charge is 0.497 e. The molecule has 1 aromatic carbocycles. The molecule has 2 amide bonds. The Morgan fingerprint density at radius 2 is 1.89 bits per heavy atom. The van der Waals surface area contributed by atoms with E-state index in [2.05, 4.69) is 27.5 Å². The number of amides is 2. The fraction of sp³-hybridized carbons (Fsp3) is 0.400. The summed E-state index contributed by atoms with van der Waals surface area (Å²) in [6.45, 7) is 0.468. The van der Waals surface area contributed by atoms with Gasteiger partial charge in [0.2, 0.25) is 0 Å². The van der Waals surface area contributed by atoms with Crippen LogP contribution in [0.4, 0.5) is 5.69 Å². The van der Waals surface area contributed by atoms with Crippen LogP contribution in [0.15, 0.2) is 35.0 Å². The first-order valence-electron chi connectivity index (χ1n) is 8.92. The third-order valence-electron chi connectivity index (χ3n) is 5.14. The molecule has 0 atom stereocenters. The van der Waals surface area contributed by atoms with Gasteiger partial charge >= 0.3 is 11.8 Å². The number of rotatable bonds is 6. The molecule has 0 bridgehead atoms. The minimum absolute atomic E-state index is 0.0618. The highest BCUT2D eigenvalue weighted by molar-refractivity contribution is 7.08. The van der Waals surface area contributed by atoms with Crippen LogP contribution in [0.3, 0.4) is 0 Å². The highest BCUT2D eigenvalue weighted by Gasteiger charge is 2.36. The van der Waals surface area contributed by atoms with Crippen molar-refractivity contribution in [2.24, 2.45) is 0 Å². The quantitative estimate of drug-likeness (QED) is 0.744. The van der Waals surface area contributed by atoms with E-state index in [0.717, 1.165) is 25.7 Å². The summed E-state index contributed by atoms with van der Waals surface area (Å²) in [5, 5.41) is 9.62. The van der Waals surface area contributed by atoms with Gasteiger partial charge in [-0.05, 0) is 47.4 Å². The lowest BCUT2D eigenvalue weighted by molar-refractivity contribution is -0.136. The average molecular weight is 388 g/mol. The molecule has 0 unspecified atom stereocenters. The van der Waals surface area contributed by atoms with E-state index in [9.17, 15) is 9.59 Å². The SMILES string of the molecule is COc1ccc(NC(=O)C(=O)NCC2(c3ccsc3)CCCC2)c(OC)c1. The Morgan fingerprint density at radius 1 is 1.11 bits per heavy atom. The van der Waals surface area contributed by atoms with Gasteiger partial charge in [0.25, 0.3) is 0 Å². The van der Waals surface area contributed by atoms with Crippen molar-refractivity contribution < 1.29 is 19.1 Å². The van der Waals surface area contributed by atoms with Crippen molar-refractivity contribution in [1.82, 2.24) is 5.32 Å². The van der Waals surface area contributed by atoms with Crippen LogP contribution < -0.4 is 20.1 Å². The van der Waals surface area contributed by atoms with Gasteiger partial charge < -0.3 is 20.1 Å². The summed E-state index contributed by atoms with van der Waals surface area (Å²) in [5.74, 6) is -0.319. The highest BCUT2D eigenvalue weighted by Crippen LogP contribution is 2.41. The molecule has 1 fully saturated rings. The standard InChI is InChI=1S/C20H24N2O4S/c1-25-15-5-6-16(17(11-15)26-2)22-19(24)18(23)21-13-20(8-3-4-9-20)14-7-10-27-12-14/h5-7,10-12H,3-4,8-9,13H2,1-2H3,(H,21,23)(H,22,24). The van der Waals surface area contributed by atoms with Crippen molar-refractivity contribution in [2.75, 3.05) is 26.1 Å². The third-order valence-corrected chi connectivity index (χ3v) is 5.83. The number of carbonyl (C=O) groups is 2. The molecule has 1 saturated carbocycles. The maximum Gasteiger partial charge on any atom is 0.313 e. The summed E-state index contributed by atoms with van der Waals surface area (Å²) >= 11 is 1.66. The molecule has 27 heavy (non-hydrogen) atoms. The van der Waals surface area contributed by atoms with E-state index in [1.54, 1.807) is 36.6 Å². The van der Waals surface area contributed by atoms with Crippen molar-refractivity contribution in [1.29, 1.82) is 0 Å². The van der Waals surface area contributed by atoms with Crippen LogP contribution in [0.1, 0.15) is 31.2 Å². The van der Waals surface area contributed by atoms with E-state index in [4.69, 9.17) is 9.47 Å². The number of thiophene rings is 1. The van der Waals surface area contributed by atoms with Crippen LogP contribution >= 0.6 is 11.3 Å². The van der Waals surface area contributed by atoms with Gasteiger partial charge in [-0.1, -0.05) is 12.8 Å². The van der Waals surface area contributed by atoms with Crippen LogP contribution in [0.5, 0.6) is 11.5 Å². The zero-order chi connectivity index (χ0) is 19.3. The lowest BCUT2D eigenvalue weighted by Gasteiger charge is -2.28. The smallest absolute Gasteiger partial charge is 0.313 e. The molecule has 6 nitrogen and oxygen atoms in total. The Bertz CT molecular complexity index is 798. The Balaban J connectivity index is 1.63. The van der Waals surface area contributed by atoms with Gasteiger partial charge in [-0.3, -0.25) is 9.59 Å². The minimum atomic E-state index is -0.711. The molecule has 1 aromatic heterocycles. The summed E-state index contributed by atoms with van der Waals surface area (Å²) < 4.78 is 10.4. The molecule has 7 heteroatoms. The highest BCUT2D eigenvalue weighted by atomic mass is 32.1. The number of anilines is 1. The maximum atomic E-state index is 12.4. The normalized spacial score (nSPS) is 15.2. The summed E-state index contributed by atoms with van der Waals surface area (Å²) in [6.07, 6.45) is 4.33. The molecule has 3 rings (SSSR count). The van der Waals surface area contributed by atoms with E-state index in [-0.39, 0.29) is 5.41 Å². The monoisotopic (exact) mass is 388 g/mol. The molecule has 2 N–H and O–H groups in total. The fourth-order valence-corrected chi connectivity index (χ4v) is 4.38. The van der Waals surface area contributed by atoms with Crippen LogP contribution in [-0.4, -0.2) is 32.6 Å². The number of hydrogen-bond donors (Lipinski definition) is 2. The van der Waals surface area contributed by atoms with Gasteiger partial charge in [-0.2, -0.15) is 11.3 Å². The fourth-order valence-electron chi connectivity index (χ4n) is 3.60. The maximum absolute atomic E-state index is 12.4. The Hall–Kier alpha value is -2.54. The van der Waals surface area contributed by atoms with Crippen LogP contribution in [0, 0.1) is 0 Å². The number of benzene rings is 1. The van der Waals surface area contributed by atoms with E-state index >= 15 is 0 Å². The molecule has 144 valence electrons. The number of ether oxygens (including phenoxy) is 2. The van der Waals surface area contributed by atoms with Crippen molar-refractivity contribution >= 4 is 28.8 Å². The minimum Gasteiger partial charge on any atom is -0.497 e. The van der Waals surface area contributed by atoms with Crippen LogP contribution in [-0.2, 0) is 15.0 Å². The first-order chi connectivity index (χ1) is 13.1. The second-order valence-electron chi connectivity index (χ2n) is 6.70. The molecule has 1 aliphatic rings. The topological polar surface area (TPSA) is 76.7 Å². The van der Waals surface area contributed by atoms with Gasteiger partial charge in [0.05, 0.1) is 19.9 Å². The number of nitrogens with one attached hydrogen (secondary N) is 2. The number of carbonyl (C=O) groups excluding carboxylic acids is 2. The lowest BCUT2D eigenvalue weighted by Crippen LogP contribution is -2.43. The van der Waals surface area contributed by atoms with Crippen molar-refractivity contribution in [3.05, 3.63) is 40.6 Å². The number of methoxy groups -OCH3 is 2. The van der Waals surface area contributed by atoms with Gasteiger partial charge in [0, 0.05) is 18.0 Å². The molecule has 0 aliphatic heterocycles. The Kier molecular flexibility index (Phi) is 6.01. The molecular weight excluding hydrogens is 364 g/mol. The number of hydrogen-bond acceptors (Lipinski definition) is 5. The molecule has 0 radical (unpaired) electrons. The summed E-state index contributed by atoms with van der Waals surface area (Å²) in [6, 6.07) is 7.11. The van der Waals surface area contributed by atoms with Crippen LogP contribution in [0.25, 0.3) is 0 Å². The summed E-state index contributed by atoms with van der Waals surface area (Å²) in [4.78, 5) is 24.7. The lowest BCUT2D eigenvalue weighted by atomic mass is 9.80. The summed E-state index contributed by atoms with van der Waals surface area (Å²) in [7, 11) is 3.04. The predicted octanol–water partition coefficient (Wildman–Crippen LogP) is 3.33. The third kappa shape index (κ3) is 4.24. The second kappa shape index (κ2) is 8.43. The van der Waals surface area contributed by atoms with E-state index in [0.29, 0.717) is 23.7 Å². The van der Waals surface area contributed by atoms with Crippen molar-refractivity contribution in [3.8, 4) is 11.5 Å². The zero-order valence-electron chi connectivity index (χ0n) is 15.5. The van der Waals surface area contributed by atoms with Gasteiger partial charge in [-0.25, -0.2) is 0 Å². The molecule has 1 heterocycles. The molecular formula is C20H24N2O4S. The van der Waals surface area contributed by atoms with E-state index in [1.165, 1.54) is 12.7 Å². The second-order valence-corrected chi connectivity index (χ2v) is 7.48. The Morgan fingerprint density at radius 3 is 2.52 bits per heavy atom. The first-order valence-corrected chi connectivity index (χ1v) is 9.86. The molecule has 0 saturated heterocycles. The van der Waals surface area contributed by atoms with Crippen molar-refractivity contribution in [2.45, 2.75) is 31.1 Å². The molecule has 0 spiro atoms. The predicted molar refractivity (Wildman–Crippen MR) is 106 cm³/mol. The van der Waals surface area contributed by atoms with Crippen molar-refractivity contribution in [3.63, 3.8) is 0 Å². The zero-order valence-corrected chi connectivity index (χ0v) is 16.4. The van der Waals surface area contributed by atoms with Gasteiger partial charge in [-0.15, -0.1) is 0 Å². The first kappa shape index (κ1) is 19.2. The van der Waals surface area contributed by atoms with Gasteiger partial charge in [0.1, 0.15) is 11.5 Å². The Labute approximate surface area is 162 Å². The average Bonchev–Trinajstić information content (AvgIpc) is 3.38. The molecule has 1 aliphatic carbocycles. The molecule has 2 aromatic rings. The van der Waals surface area contributed by atoms with E-state index < -0.39 is 11.8 Å². The van der Waals surface area contributed by atoms with E-state index in [1.807, 2.05) is 0 Å².